The summed E-state index contributed by atoms with van der Waals surface area (Å²) in [5.74, 6) is 0.226. The zero-order valence-electron chi connectivity index (χ0n) is 15.1. The maximum Gasteiger partial charge on any atom is 0.251 e. The number of nitrogens with one attached hydrogen (secondary N) is 1. The van der Waals surface area contributed by atoms with E-state index in [0.29, 0.717) is 31.6 Å². The van der Waals surface area contributed by atoms with Gasteiger partial charge in [-0.05, 0) is 28.5 Å². The number of hydrogen-bond acceptors (Lipinski definition) is 2. The monoisotopic (exact) mass is 358 g/mol. The molecule has 27 heavy (non-hydrogen) atoms. The number of rotatable bonds is 5. The van der Waals surface area contributed by atoms with E-state index in [1.807, 2.05) is 77.7 Å². The molecule has 4 rings (SSSR count). The second-order valence-electron chi connectivity index (χ2n) is 7.10. The van der Waals surface area contributed by atoms with Crippen LogP contribution in [-0.4, -0.2) is 29.8 Å². The van der Waals surface area contributed by atoms with Crippen molar-refractivity contribution in [2.75, 3.05) is 13.1 Å². The third kappa shape index (κ3) is 4.00. The van der Waals surface area contributed by atoms with Crippen LogP contribution in [0.2, 0.25) is 0 Å². The lowest BCUT2D eigenvalue weighted by molar-refractivity contribution is -0.128. The Bertz CT molecular complexity index is 968. The van der Waals surface area contributed by atoms with E-state index in [0.717, 1.165) is 16.3 Å². The van der Waals surface area contributed by atoms with Gasteiger partial charge >= 0.3 is 0 Å². The molecule has 1 aliphatic heterocycles. The summed E-state index contributed by atoms with van der Waals surface area (Å²) < 4.78 is 0. The van der Waals surface area contributed by atoms with E-state index < -0.39 is 0 Å². The van der Waals surface area contributed by atoms with Crippen molar-refractivity contribution in [2.24, 2.45) is 5.92 Å². The fourth-order valence-electron chi connectivity index (χ4n) is 3.62. The van der Waals surface area contributed by atoms with E-state index in [-0.39, 0.29) is 17.7 Å². The summed E-state index contributed by atoms with van der Waals surface area (Å²) in [4.78, 5) is 26.6. The Hall–Kier alpha value is -3.14. The molecule has 0 saturated carbocycles. The van der Waals surface area contributed by atoms with Gasteiger partial charge in [-0.1, -0.05) is 60.7 Å². The van der Waals surface area contributed by atoms with Crippen molar-refractivity contribution >= 4 is 22.6 Å². The summed E-state index contributed by atoms with van der Waals surface area (Å²) in [6.07, 6.45) is 0.491. The molecule has 1 heterocycles. The lowest BCUT2D eigenvalue weighted by atomic mass is 10.1. The number of carbonyl (C=O) groups is 2. The van der Waals surface area contributed by atoms with Crippen LogP contribution < -0.4 is 5.32 Å². The van der Waals surface area contributed by atoms with E-state index in [9.17, 15) is 9.59 Å². The third-order valence-electron chi connectivity index (χ3n) is 5.07. The quantitative estimate of drug-likeness (QED) is 0.757. The molecule has 1 fully saturated rings. The van der Waals surface area contributed by atoms with Gasteiger partial charge in [0, 0.05) is 37.5 Å². The molecule has 2 amide bonds. The molecular formula is C23H22N2O2. The zero-order valence-corrected chi connectivity index (χ0v) is 15.1. The van der Waals surface area contributed by atoms with E-state index in [4.69, 9.17) is 0 Å². The number of likely N-dealkylation sites (tertiary alicyclic amines) is 1. The Labute approximate surface area is 158 Å². The molecule has 1 atom stereocenters. The Kier molecular flexibility index (Phi) is 4.88. The zero-order chi connectivity index (χ0) is 18.6. The predicted octanol–water partition coefficient (Wildman–Crippen LogP) is 3.62. The molecule has 4 heteroatoms. The van der Waals surface area contributed by atoms with Crippen LogP contribution in [0.15, 0.2) is 72.8 Å². The Morgan fingerprint density at radius 3 is 2.52 bits per heavy atom. The first-order valence-electron chi connectivity index (χ1n) is 9.28. The second-order valence-corrected chi connectivity index (χ2v) is 7.10. The predicted molar refractivity (Wildman–Crippen MR) is 106 cm³/mol. The first kappa shape index (κ1) is 17.3. The van der Waals surface area contributed by atoms with Gasteiger partial charge in [-0.3, -0.25) is 9.59 Å². The topological polar surface area (TPSA) is 49.4 Å². The van der Waals surface area contributed by atoms with Crippen molar-refractivity contribution in [1.82, 2.24) is 10.2 Å². The molecule has 0 radical (unpaired) electrons. The minimum Gasteiger partial charge on any atom is -0.352 e. The summed E-state index contributed by atoms with van der Waals surface area (Å²) in [6, 6.07) is 23.7. The van der Waals surface area contributed by atoms with E-state index in [2.05, 4.69) is 5.32 Å². The Morgan fingerprint density at radius 2 is 1.70 bits per heavy atom. The number of fused-ring (bicyclic) bond motifs is 1. The van der Waals surface area contributed by atoms with Crippen LogP contribution in [0.1, 0.15) is 22.3 Å². The van der Waals surface area contributed by atoms with Crippen molar-refractivity contribution in [2.45, 2.75) is 13.0 Å². The van der Waals surface area contributed by atoms with E-state index in [1.54, 1.807) is 0 Å². The molecule has 3 aromatic rings. The van der Waals surface area contributed by atoms with Gasteiger partial charge in [-0.25, -0.2) is 0 Å². The van der Waals surface area contributed by atoms with Gasteiger partial charge in [-0.2, -0.15) is 0 Å². The van der Waals surface area contributed by atoms with Gasteiger partial charge in [0.05, 0.1) is 0 Å². The molecule has 0 spiro atoms. The highest BCUT2D eigenvalue weighted by Crippen LogP contribution is 2.20. The van der Waals surface area contributed by atoms with Crippen molar-refractivity contribution < 1.29 is 9.59 Å². The van der Waals surface area contributed by atoms with Crippen molar-refractivity contribution in [1.29, 1.82) is 0 Å². The van der Waals surface area contributed by atoms with E-state index >= 15 is 0 Å². The van der Waals surface area contributed by atoms with Gasteiger partial charge in [-0.15, -0.1) is 0 Å². The van der Waals surface area contributed by atoms with Gasteiger partial charge in [0.2, 0.25) is 5.91 Å². The molecule has 1 aliphatic rings. The summed E-state index contributed by atoms with van der Waals surface area (Å²) >= 11 is 0. The van der Waals surface area contributed by atoms with Gasteiger partial charge in [0.1, 0.15) is 0 Å². The van der Waals surface area contributed by atoms with Crippen LogP contribution >= 0.6 is 0 Å². The Morgan fingerprint density at radius 1 is 0.963 bits per heavy atom. The molecule has 136 valence electrons. The molecular weight excluding hydrogens is 336 g/mol. The fraction of sp³-hybridized carbons (Fsp3) is 0.217. The lowest BCUT2D eigenvalue weighted by Crippen LogP contribution is -2.31. The number of nitrogens with zero attached hydrogens (tertiary/aromatic N) is 1. The molecule has 4 nitrogen and oxygen atoms in total. The van der Waals surface area contributed by atoms with Gasteiger partial charge in [0.25, 0.3) is 5.91 Å². The third-order valence-corrected chi connectivity index (χ3v) is 5.07. The molecule has 0 aliphatic carbocycles. The highest BCUT2D eigenvalue weighted by atomic mass is 16.2. The molecule has 3 aromatic carbocycles. The minimum atomic E-state index is -0.0882. The molecule has 1 N–H and O–H groups in total. The highest BCUT2D eigenvalue weighted by molar-refractivity contribution is 5.98. The van der Waals surface area contributed by atoms with Crippen molar-refractivity contribution in [3.63, 3.8) is 0 Å². The normalized spacial score (nSPS) is 16.7. The SMILES string of the molecule is O=C(NC[C@H]1CC(=O)N(Cc2ccccc2)C1)c1ccc2ccccc2c1. The number of benzene rings is 3. The summed E-state index contributed by atoms with van der Waals surface area (Å²) in [7, 11) is 0. The average Bonchev–Trinajstić information content (AvgIpc) is 3.06. The molecule has 0 aromatic heterocycles. The van der Waals surface area contributed by atoms with Crippen LogP contribution in [0.5, 0.6) is 0 Å². The summed E-state index contributed by atoms with van der Waals surface area (Å²) in [5.41, 5.74) is 1.78. The lowest BCUT2D eigenvalue weighted by Gasteiger charge is -2.17. The standard InChI is InChI=1S/C23H22N2O2/c26-22-12-18(16-25(22)15-17-6-2-1-3-7-17)14-24-23(27)21-11-10-19-8-4-5-9-20(19)13-21/h1-11,13,18H,12,14-16H2,(H,24,27)/t18-/m1/s1. The van der Waals surface area contributed by atoms with Gasteiger partial charge in [0.15, 0.2) is 0 Å². The first-order chi connectivity index (χ1) is 13.2. The summed E-state index contributed by atoms with van der Waals surface area (Å²) in [6.45, 7) is 1.84. The highest BCUT2D eigenvalue weighted by Gasteiger charge is 2.29. The van der Waals surface area contributed by atoms with Crippen LogP contribution in [0.3, 0.4) is 0 Å². The van der Waals surface area contributed by atoms with Crippen molar-refractivity contribution in [3.05, 3.63) is 83.9 Å². The van der Waals surface area contributed by atoms with Crippen LogP contribution in [0.4, 0.5) is 0 Å². The van der Waals surface area contributed by atoms with Crippen molar-refractivity contribution in [3.8, 4) is 0 Å². The largest absolute Gasteiger partial charge is 0.352 e. The molecule has 0 bridgehead atoms. The molecule has 1 saturated heterocycles. The number of amides is 2. The fourth-order valence-corrected chi connectivity index (χ4v) is 3.62. The maximum absolute atomic E-state index is 12.5. The second kappa shape index (κ2) is 7.62. The van der Waals surface area contributed by atoms with Crippen LogP contribution in [-0.2, 0) is 11.3 Å². The Balaban J connectivity index is 1.34. The number of hydrogen-bond donors (Lipinski definition) is 1. The maximum atomic E-state index is 12.5. The van der Waals surface area contributed by atoms with Gasteiger partial charge < -0.3 is 10.2 Å². The van der Waals surface area contributed by atoms with E-state index in [1.165, 1.54) is 0 Å². The molecule has 0 unspecified atom stereocenters. The minimum absolute atomic E-state index is 0.0882. The average molecular weight is 358 g/mol. The summed E-state index contributed by atoms with van der Waals surface area (Å²) in [5, 5.41) is 5.16. The van der Waals surface area contributed by atoms with Crippen LogP contribution in [0.25, 0.3) is 10.8 Å². The smallest absolute Gasteiger partial charge is 0.251 e. The number of carbonyl (C=O) groups excluding carboxylic acids is 2. The first-order valence-corrected chi connectivity index (χ1v) is 9.28. The van der Waals surface area contributed by atoms with Crippen LogP contribution in [0, 0.1) is 5.92 Å².